The minimum Gasteiger partial charge on any atom is -0.481 e. The number of primary amides is 2. The molecule has 3 rings (SSSR count). The van der Waals surface area contributed by atoms with Gasteiger partial charge in [0.2, 0.25) is 59.1 Å². The third kappa shape index (κ3) is 19.7. The number of aliphatic carboxylic acids is 2. The molecule has 70 heavy (non-hydrogen) atoms. The number of likely N-dealkylation sites (tertiary alicyclic amines) is 1. The van der Waals surface area contributed by atoms with E-state index in [0.29, 0.717) is 31.5 Å². The molecule has 1 aromatic heterocycles. The van der Waals surface area contributed by atoms with Crippen molar-refractivity contribution in [2.24, 2.45) is 27.9 Å². The second-order valence-electron chi connectivity index (χ2n) is 16.4. The lowest BCUT2D eigenvalue weighted by atomic mass is 10.0. The molecule has 2 fully saturated rings. The summed E-state index contributed by atoms with van der Waals surface area (Å²) in [5.74, 6) is -12.0. The van der Waals surface area contributed by atoms with Crippen LogP contribution in [0.25, 0.3) is 0 Å². The Hall–Kier alpha value is -7.92. The van der Waals surface area contributed by atoms with E-state index in [0.717, 1.165) is 4.90 Å². The van der Waals surface area contributed by atoms with Crippen LogP contribution in [-0.4, -0.2) is 177 Å². The van der Waals surface area contributed by atoms with Gasteiger partial charge < -0.3 is 85.6 Å². The predicted molar refractivity (Wildman–Crippen MR) is 240 cm³/mol. The fourth-order valence-corrected chi connectivity index (χ4v) is 7.34. The first-order valence-corrected chi connectivity index (χ1v) is 22.3. The van der Waals surface area contributed by atoms with Gasteiger partial charge in [-0.3, -0.25) is 57.7 Å². The zero-order valence-corrected chi connectivity index (χ0v) is 38.2. The number of hydrogen-bond acceptors (Lipinski definition) is 15. The highest BCUT2D eigenvalue weighted by atomic mass is 16.4. The summed E-state index contributed by atoms with van der Waals surface area (Å²) in [6, 6.07) is -9.23. The van der Waals surface area contributed by atoms with Gasteiger partial charge in [-0.05, 0) is 57.9 Å². The summed E-state index contributed by atoms with van der Waals surface area (Å²) in [4.78, 5) is 165. The molecule has 0 spiro atoms. The molecule has 0 aromatic carbocycles. The van der Waals surface area contributed by atoms with E-state index in [4.69, 9.17) is 22.9 Å². The maximum atomic E-state index is 13.7. The Morgan fingerprint density at radius 3 is 1.87 bits per heavy atom. The molecule has 19 N–H and O–H groups in total. The van der Waals surface area contributed by atoms with E-state index in [2.05, 4.69) is 57.5 Å². The number of rotatable bonds is 30. The van der Waals surface area contributed by atoms with Gasteiger partial charge in [-0.15, -0.1) is 0 Å². The van der Waals surface area contributed by atoms with Gasteiger partial charge in [-0.1, -0.05) is 0 Å². The van der Waals surface area contributed by atoms with E-state index in [9.17, 15) is 67.7 Å². The largest absolute Gasteiger partial charge is 0.481 e. The molecule has 7 atom stereocenters. The van der Waals surface area contributed by atoms with Crippen molar-refractivity contribution in [3.05, 3.63) is 18.2 Å². The lowest BCUT2D eigenvalue weighted by molar-refractivity contribution is -0.144. The quantitative estimate of drug-likeness (QED) is 0.0193. The van der Waals surface area contributed by atoms with E-state index < -0.39 is 139 Å². The predicted octanol–water partition coefficient (Wildman–Crippen LogP) is -7.50. The monoisotopic (exact) mass is 990 g/mol. The molecule has 30 heteroatoms. The van der Waals surface area contributed by atoms with Crippen molar-refractivity contribution in [1.29, 1.82) is 0 Å². The van der Waals surface area contributed by atoms with Crippen LogP contribution in [0, 0.1) is 0 Å². The molecule has 3 heterocycles. The van der Waals surface area contributed by atoms with Gasteiger partial charge in [0.1, 0.15) is 36.3 Å². The molecule has 386 valence electrons. The Labute approximate surface area is 399 Å². The summed E-state index contributed by atoms with van der Waals surface area (Å²) < 4.78 is 0. The third-order valence-electron chi connectivity index (χ3n) is 10.9. The van der Waals surface area contributed by atoms with E-state index in [-0.39, 0.29) is 64.0 Å². The fourth-order valence-electron chi connectivity index (χ4n) is 7.34. The van der Waals surface area contributed by atoms with E-state index in [1.807, 2.05) is 0 Å². The smallest absolute Gasteiger partial charge is 0.326 e. The van der Waals surface area contributed by atoms with Crippen LogP contribution in [0.1, 0.15) is 76.3 Å². The lowest BCUT2D eigenvalue weighted by Crippen LogP contribution is -2.58. The number of aliphatic imine (C=N–C) groups is 1. The van der Waals surface area contributed by atoms with Crippen molar-refractivity contribution in [3.8, 4) is 0 Å². The first kappa shape index (κ1) is 56.4. The average Bonchev–Trinajstić information content (AvgIpc) is 4.12. The summed E-state index contributed by atoms with van der Waals surface area (Å²) in [5, 5.41) is 38.6. The van der Waals surface area contributed by atoms with Crippen molar-refractivity contribution in [1.82, 2.24) is 57.4 Å². The molecule has 10 amide bonds. The molecule has 2 aliphatic heterocycles. The Morgan fingerprint density at radius 2 is 1.31 bits per heavy atom. The first-order valence-electron chi connectivity index (χ1n) is 22.3. The first-order chi connectivity index (χ1) is 33.1. The number of imidazole rings is 1. The summed E-state index contributed by atoms with van der Waals surface area (Å²) in [6.07, 6.45) is 1.85. The number of aromatic amines is 1. The van der Waals surface area contributed by atoms with Gasteiger partial charge in [-0.25, -0.2) is 9.78 Å². The molecule has 30 nitrogen and oxygen atoms in total. The molecule has 1 aromatic rings. The second-order valence-corrected chi connectivity index (χ2v) is 16.4. The summed E-state index contributed by atoms with van der Waals surface area (Å²) >= 11 is 0. The highest BCUT2D eigenvalue weighted by Gasteiger charge is 2.37. The Kier molecular flexibility index (Phi) is 22.9. The number of amides is 10. The lowest BCUT2D eigenvalue weighted by Gasteiger charge is -2.26. The minimum atomic E-state index is -1.79. The van der Waals surface area contributed by atoms with Crippen LogP contribution >= 0.6 is 0 Å². The number of nitrogens with zero attached hydrogens (tertiary/aromatic N) is 3. The maximum Gasteiger partial charge on any atom is 0.326 e. The maximum absolute atomic E-state index is 13.7. The number of nitrogens with two attached hydrogens (primary N) is 4. The van der Waals surface area contributed by atoms with Crippen LogP contribution in [0.4, 0.5) is 0 Å². The van der Waals surface area contributed by atoms with Crippen molar-refractivity contribution in [2.45, 2.75) is 119 Å². The van der Waals surface area contributed by atoms with E-state index in [1.165, 1.54) is 12.5 Å². The molecule has 0 saturated carbocycles. The number of carboxylic acids is 2. The summed E-state index contributed by atoms with van der Waals surface area (Å²) in [6.45, 7) is -1.02. The Bertz CT molecular complexity index is 2090. The molecule has 0 radical (unpaired) electrons. The Balaban J connectivity index is 1.67. The SMILES string of the molecule is NC(=O)CC[C@H](NC(=O)[C@@H]1CCCN1)C(=O)N[C@@H](CCC(N)=O)C(=O)N[C@@H](CCCN=C(N)N)C(=O)NCC(=O)N[C@@H](CC(=O)O)C(=O)NCC(=O)N1CCC[C@H]1C(=O)N[C@@H](Cc1cnc[nH]1)C(=O)O. The van der Waals surface area contributed by atoms with Crippen LogP contribution < -0.4 is 65.5 Å². The molecular weight excluding hydrogens is 929 g/mol. The number of hydrogen-bond donors (Lipinski definition) is 15. The number of nitrogens with one attached hydrogen (secondary N) is 9. The van der Waals surface area contributed by atoms with Gasteiger partial charge in [0, 0.05) is 44.2 Å². The normalized spacial score (nSPS) is 17.2. The van der Waals surface area contributed by atoms with E-state index in [1.54, 1.807) is 0 Å². The van der Waals surface area contributed by atoms with Crippen LogP contribution in [0.2, 0.25) is 0 Å². The van der Waals surface area contributed by atoms with Gasteiger partial charge in [0.15, 0.2) is 5.96 Å². The molecule has 2 saturated heterocycles. The zero-order chi connectivity index (χ0) is 51.9. The van der Waals surface area contributed by atoms with Gasteiger partial charge >= 0.3 is 11.9 Å². The standard InChI is InChI=1S/C40H62N16O14/c41-28(57)9-7-23(53-35(65)21-4-1-11-46-21)37(67)54-24(8-10-29(42)58)36(66)52-22(5-2-12-47-40(43)44)33(63)48-17-30(59)51-25(15-32(61)62)34(64)49-18-31(60)56-13-3-6-27(56)38(68)55-26(39(69)70)14-20-16-45-19-50-20/h16,19,21-27,46H,1-15,17-18H2,(H2,41,57)(H2,42,58)(H,45,50)(H,48,63)(H,49,64)(H,51,59)(H,52,66)(H,53,65)(H,54,67)(H,55,68)(H,61,62)(H,69,70)(H4,43,44,47)/t21-,22-,23-,24-,25-,26-,27-/m0/s1. The Morgan fingerprint density at radius 1 is 0.714 bits per heavy atom. The molecule has 0 unspecified atom stereocenters. The topological polar surface area (TPSA) is 490 Å². The van der Waals surface area contributed by atoms with Crippen molar-refractivity contribution in [3.63, 3.8) is 0 Å². The van der Waals surface area contributed by atoms with Crippen LogP contribution in [-0.2, 0) is 64.0 Å². The number of carbonyl (C=O) groups is 12. The molecular formula is C40H62N16O14. The highest BCUT2D eigenvalue weighted by molar-refractivity contribution is 5.98. The fraction of sp³-hybridized carbons (Fsp3) is 0.600. The average molecular weight is 991 g/mol. The summed E-state index contributed by atoms with van der Waals surface area (Å²) in [7, 11) is 0. The number of carbonyl (C=O) groups excluding carboxylic acids is 10. The van der Waals surface area contributed by atoms with Crippen LogP contribution in [0.15, 0.2) is 17.5 Å². The van der Waals surface area contributed by atoms with Crippen molar-refractivity contribution < 1.29 is 67.7 Å². The third-order valence-corrected chi connectivity index (χ3v) is 10.9. The number of carboxylic acid groups (broad SMARTS) is 2. The highest BCUT2D eigenvalue weighted by Crippen LogP contribution is 2.18. The second kappa shape index (κ2) is 28.4. The minimum absolute atomic E-state index is 0.0284. The van der Waals surface area contributed by atoms with Crippen molar-refractivity contribution in [2.75, 3.05) is 32.7 Å². The van der Waals surface area contributed by atoms with Crippen LogP contribution in [0.3, 0.4) is 0 Å². The van der Waals surface area contributed by atoms with Crippen molar-refractivity contribution >= 4 is 77.0 Å². The number of guanidine groups is 1. The van der Waals surface area contributed by atoms with E-state index >= 15 is 0 Å². The van der Waals surface area contributed by atoms with Gasteiger partial charge in [-0.2, -0.15) is 0 Å². The number of H-pyrrole nitrogens is 1. The van der Waals surface area contributed by atoms with Crippen LogP contribution in [0.5, 0.6) is 0 Å². The molecule has 0 bridgehead atoms. The molecule has 0 aliphatic carbocycles. The molecule has 2 aliphatic rings. The summed E-state index contributed by atoms with van der Waals surface area (Å²) in [5.41, 5.74) is 21.8. The van der Waals surface area contributed by atoms with Gasteiger partial charge in [0.05, 0.1) is 31.9 Å². The van der Waals surface area contributed by atoms with Gasteiger partial charge in [0.25, 0.3) is 0 Å². The zero-order valence-electron chi connectivity index (χ0n) is 38.2. The number of aromatic nitrogens is 2.